The molecule has 0 radical (unpaired) electrons. The zero-order chi connectivity index (χ0) is 17.0. The van der Waals surface area contributed by atoms with Crippen molar-refractivity contribution in [2.75, 3.05) is 5.32 Å². The number of nitrogens with one attached hydrogen (secondary N) is 2. The maximum absolute atomic E-state index is 12.6. The minimum Gasteiger partial charge on any atom is -0.334 e. The summed E-state index contributed by atoms with van der Waals surface area (Å²) in [5.74, 6) is 0. The van der Waals surface area contributed by atoms with Crippen LogP contribution in [0.3, 0.4) is 0 Å². The number of alkyl halides is 3. The van der Waals surface area contributed by atoms with Crippen LogP contribution in [0.4, 0.5) is 23.7 Å². The standard InChI is InChI=1S/C15H14F3N3O2/c1-21-7-3-6-12(13(21)22)20-14(23)19-9-10-4-2-5-11(8-10)15(16,17)18/h2-8H,9H2,1H3,(H2,19,20,23). The molecule has 2 amide bonds. The van der Waals surface area contributed by atoms with E-state index in [4.69, 9.17) is 0 Å². The summed E-state index contributed by atoms with van der Waals surface area (Å²) in [5.41, 5.74) is -0.789. The van der Waals surface area contributed by atoms with Gasteiger partial charge in [0.25, 0.3) is 5.56 Å². The fourth-order valence-corrected chi connectivity index (χ4v) is 1.90. The Morgan fingerprint density at radius 1 is 1.22 bits per heavy atom. The minimum absolute atomic E-state index is 0.0801. The molecule has 8 heteroatoms. The van der Waals surface area contributed by atoms with Crippen LogP contribution in [0.2, 0.25) is 0 Å². The Morgan fingerprint density at radius 3 is 2.65 bits per heavy atom. The highest BCUT2D eigenvalue weighted by Crippen LogP contribution is 2.29. The van der Waals surface area contributed by atoms with Crippen molar-refractivity contribution in [3.63, 3.8) is 0 Å². The van der Waals surface area contributed by atoms with Gasteiger partial charge in [0.1, 0.15) is 5.69 Å². The molecule has 0 unspecified atom stereocenters. The molecule has 0 saturated carbocycles. The van der Waals surface area contributed by atoms with E-state index in [2.05, 4.69) is 10.6 Å². The molecule has 0 aliphatic carbocycles. The van der Waals surface area contributed by atoms with E-state index >= 15 is 0 Å². The average Bonchev–Trinajstić information content (AvgIpc) is 2.49. The van der Waals surface area contributed by atoms with E-state index < -0.39 is 17.8 Å². The molecule has 1 aromatic heterocycles. The lowest BCUT2D eigenvalue weighted by molar-refractivity contribution is -0.137. The third-order valence-electron chi connectivity index (χ3n) is 3.08. The first-order chi connectivity index (χ1) is 10.8. The van der Waals surface area contributed by atoms with Gasteiger partial charge >= 0.3 is 12.2 Å². The van der Waals surface area contributed by atoms with Gasteiger partial charge in [-0.2, -0.15) is 13.2 Å². The van der Waals surface area contributed by atoms with Gasteiger partial charge < -0.3 is 15.2 Å². The second-order valence-electron chi connectivity index (χ2n) is 4.84. The molecule has 2 rings (SSSR count). The molecule has 0 saturated heterocycles. The third-order valence-corrected chi connectivity index (χ3v) is 3.08. The van der Waals surface area contributed by atoms with Crippen LogP contribution in [0.5, 0.6) is 0 Å². The van der Waals surface area contributed by atoms with E-state index in [-0.39, 0.29) is 17.8 Å². The Balaban J connectivity index is 2.00. The van der Waals surface area contributed by atoms with Crippen LogP contribution in [-0.2, 0) is 19.8 Å². The third kappa shape index (κ3) is 4.35. The maximum atomic E-state index is 12.6. The molecule has 0 aliphatic heterocycles. The summed E-state index contributed by atoms with van der Waals surface area (Å²) < 4.78 is 39.1. The van der Waals surface area contributed by atoms with Gasteiger partial charge in [0.05, 0.1) is 5.56 Å². The van der Waals surface area contributed by atoms with Crippen molar-refractivity contribution in [3.05, 3.63) is 64.1 Å². The van der Waals surface area contributed by atoms with Crippen LogP contribution in [-0.4, -0.2) is 10.6 Å². The number of hydrogen-bond acceptors (Lipinski definition) is 2. The molecule has 2 aromatic rings. The van der Waals surface area contributed by atoms with Crippen molar-refractivity contribution in [1.29, 1.82) is 0 Å². The summed E-state index contributed by atoms with van der Waals surface area (Å²) in [6.07, 6.45) is -2.90. The number of benzene rings is 1. The molecule has 0 aliphatic rings. The summed E-state index contributed by atoms with van der Waals surface area (Å²) >= 11 is 0. The quantitative estimate of drug-likeness (QED) is 0.911. The summed E-state index contributed by atoms with van der Waals surface area (Å²) in [6, 6.07) is 7.00. The molecular weight excluding hydrogens is 311 g/mol. The molecule has 1 heterocycles. The van der Waals surface area contributed by atoms with E-state index in [1.807, 2.05) is 0 Å². The topological polar surface area (TPSA) is 63.1 Å². The van der Waals surface area contributed by atoms with Gasteiger partial charge in [0, 0.05) is 19.8 Å². The lowest BCUT2D eigenvalue weighted by Gasteiger charge is -2.10. The molecule has 0 spiro atoms. The zero-order valence-electron chi connectivity index (χ0n) is 12.1. The number of carbonyl (C=O) groups is 1. The Morgan fingerprint density at radius 2 is 1.96 bits per heavy atom. The van der Waals surface area contributed by atoms with Crippen molar-refractivity contribution in [2.45, 2.75) is 12.7 Å². The molecular formula is C15H14F3N3O2. The summed E-state index contributed by atoms with van der Waals surface area (Å²) in [5, 5.41) is 4.77. The highest BCUT2D eigenvalue weighted by atomic mass is 19.4. The second kappa shape index (κ2) is 6.55. The average molecular weight is 325 g/mol. The number of rotatable bonds is 3. The second-order valence-corrected chi connectivity index (χ2v) is 4.84. The van der Waals surface area contributed by atoms with E-state index in [0.29, 0.717) is 5.56 Å². The Bertz CT molecular complexity index is 769. The van der Waals surface area contributed by atoms with Crippen molar-refractivity contribution in [1.82, 2.24) is 9.88 Å². The maximum Gasteiger partial charge on any atom is 0.416 e. The van der Waals surface area contributed by atoms with Gasteiger partial charge in [-0.15, -0.1) is 0 Å². The lowest BCUT2D eigenvalue weighted by atomic mass is 10.1. The molecule has 0 atom stereocenters. The SMILES string of the molecule is Cn1cccc(NC(=O)NCc2cccc(C(F)(F)F)c2)c1=O. The largest absolute Gasteiger partial charge is 0.416 e. The normalized spacial score (nSPS) is 11.1. The van der Waals surface area contributed by atoms with Crippen molar-refractivity contribution in [3.8, 4) is 0 Å². The van der Waals surface area contributed by atoms with Gasteiger partial charge in [0.15, 0.2) is 0 Å². The zero-order valence-corrected chi connectivity index (χ0v) is 12.1. The predicted molar refractivity (Wildman–Crippen MR) is 79.0 cm³/mol. The summed E-state index contributed by atoms with van der Waals surface area (Å²) in [6.45, 7) is -0.0943. The van der Waals surface area contributed by atoms with Crippen LogP contribution in [0.25, 0.3) is 0 Å². The summed E-state index contributed by atoms with van der Waals surface area (Å²) in [7, 11) is 1.54. The predicted octanol–water partition coefficient (Wildman–Crippen LogP) is 2.73. The molecule has 23 heavy (non-hydrogen) atoms. The number of carbonyl (C=O) groups excluding carboxylic acids is 1. The van der Waals surface area contributed by atoms with E-state index in [9.17, 15) is 22.8 Å². The van der Waals surface area contributed by atoms with Crippen LogP contribution in [0.15, 0.2) is 47.4 Å². The lowest BCUT2D eigenvalue weighted by Crippen LogP contribution is -2.31. The minimum atomic E-state index is -4.44. The van der Waals surface area contributed by atoms with Gasteiger partial charge in [-0.05, 0) is 29.8 Å². The van der Waals surface area contributed by atoms with Crippen LogP contribution < -0.4 is 16.2 Å². The number of anilines is 1. The number of aryl methyl sites for hydroxylation is 1. The smallest absolute Gasteiger partial charge is 0.334 e. The Kier molecular flexibility index (Phi) is 4.73. The van der Waals surface area contributed by atoms with Crippen molar-refractivity contribution >= 4 is 11.7 Å². The first-order valence-corrected chi connectivity index (χ1v) is 6.64. The van der Waals surface area contributed by atoms with E-state index in [1.54, 1.807) is 6.07 Å². The number of aromatic nitrogens is 1. The van der Waals surface area contributed by atoms with E-state index in [1.165, 1.54) is 36.0 Å². The van der Waals surface area contributed by atoms with Gasteiger partial charge in [-0.1, -0.05) is 12.1 Å². The number of amides is 2. The molecule has 122 valence electrons. The van der Waals surface area contributed by atoms with Crippen molar-refractivity contribution < 1.29 is 18.0 Å². The highest BCUT2D eigenvalue weighted by molar-refractivity contribution is 5.88. The van der Waals surface area contributed by atoms with Gasteiger partial charge in [0.2, 0.25) is 0 Å². The summed E-state index contributed by atoms with van der Waals surface area (Å²) in [4.78, 5) is 23.5. The Hall–Kier alpha value is -2.77. The first-order valence-electron chi connectivity index (χ1n) is 6.64. The molecule has 0 fully saturated rings. The van der Waals surface area contributed by atoms with Crippen LogP contribution in [0, 0.1) is 0 Å². The molecule has 2 N–H and O–H groups in total. The molecule has 1 aromatic carbocycles. The van der Waals surface area contributed by atoms with Gasteiger partial charge in [-0.3, -0.25) is 4.79 Å². The number of hydrogen-bond donors (Lipinski definition) is 2. The van der Waals surface area contributed by atoms with Gasteiger partial charge in [-0.25, -0.2) is 4.79 Å². The number of urea groups is 1. The van der Waals surface area contributed by atoms with Crippen LogP contribution >= 0.6 is 0 Å². The first kappa shape index (κ1) is 16.6. The monoisotopic (exact) mass is 325 g/mol. The number of nitrogens with zero attached hydrogens (tertiary/aromatic N) is 1. The Labute approximate surface area is 129 Å². The van der Waals surface area contributed by atoms with E-state index in [0.717, 1.165) is 12.1 Å². The number of halogens is 3. The van der Waals surface area contributed by atoms with Crippen molar-refractivity contribution in [2.24, 2.45) is 7.05 Å². The fourth-order valence-electron chi connectivity index (χ4n) is 1.90. The highest BCUT2D eigenvalue weighted by Gasteiger charge is 2.30. The fraction of sp³-hybridized carbons (Fsp3) is 0.200. The number of pyridine rings is 1. The molecule has 0 bridgehead atoms. The molecule has 5 nitrogen and oxygen atoms in total. The van der Waals surface area contributed by atoms with Crippen LogP contribution in [0.1, 0.15) is 11.1 Å².